The van der Waals surface area contributed by atoms with Crippen molar-refractivity contribution in [1.82, 2.24) is 34.3 Å². The van der Waals surface area contributed by atoms with E-state index in [1.54, 1.807) is 12.5 Å². The average molecular weight is 840 g/mol. The third-order valence-corrected chi connectivity index (χ3v) is 8.64. The first-order valence-corrected chi connectivity index (χ1v) is 16.4. The Labute approximate surface area is 304 Å². The summed E-state index contributed by atoms with van der Waals surface area (Å²) in [7, 11) is 0. The molecule has 4 heterocycles. The zero-order valence-electron chi connectivity index (χ0n) is 29.0. The minimum Gasteiger partial charge on any atom is -0.490 e. The first-order valence-electron chi connectivity index (χ1n) is 16.4. The van der Waals surface area contributed by atoms with E-state index in [0.29, 0.717) is 23.3 Å². The Morgan fingerprint density at radius 2 is 1.50 bits per heavy atom. The fourth-order valence-electron chi connectivity index (χ4n) is 6.34. The molecule has 0 bridgehead atoms. The minimum atomic E-state index is 0. The van der Waals surface area contributed by atoms with Gasteiger partial charge in [0.25, 0.3) is 0 Å². The molecule has 50 heavy (non-hydrogen) atoms. The second kappa shape index (κ2) is 14.4. The SMILES string of the molecule is Cc1cccc(C)c1-n1ccnc1-c1[c-]ccc2ncoc12.Cc1nc2cc(-c3nncn3-c3c(C(C)C)cccc3C(C)C)[c-]cc2o1.[Ir]. The molecule has 8 rings (SSSR count). The van der Waals surface area contributed by atoms with Crippen LogP contribution in [0, 0.1) is 32.9 Å². The van der Waals surface area contributed by atoms with Gasteiger partial charge >= 0.3 is 0 Å². The van der Waals surface area contributed by atoms with E-state index in [4.69, 9.17) is 8.83 Å². The van der Waals surface area contributed by atoms with Gasteiger partial charge in [0.05, 0.1) is 22.8 Å². The molecule has 1 radical (unpaired) electrons. The van der Waals surface area contributed by atoms with Gasteiger partial charge in [-0.05, 0) is 47.9 Å². The van der Waals surface area contributed by atoms with Crippen LogP contribution in [0.15, 0.2) is 94.6 Å². The second-order valence-electron chi connectivity index (χ2n) is 12.7. The van der Waals surface area contributed by atoms with Crippen LogP contribution in [0.3, 0.4) is 0 Å². The van der Waals surface area contributed by atoms with Crippen LogP contribution in [0.1, 0.15) is 67.7 Å². The van der Waals surface area contributed by atoms with E-state index in [2.05, 4.69) is 124 Å². The van der Waals surface area contributed by atoms with E-state index >= 15 is 0 Å². The smallest absolute Gasteiger partial charge is 0.180 e. The van der Waals surface area contributed by atoms with Gasteiger partial charge in [-0.3, -0.25) is 4.98 Å². The summed E-state index contributed by atoms with van der Waals surface area (Å²) in [5.74, 6) is 2.98. The number of rotatable bonds is 6. The van der Waals surface area contributed by atoms with E-state index in [0.717, 1.165) is 50.8 Å². The van der Waals surface area contributed by atoms with Crippen LogP contribution >= 0.6 is 0 Å². The molecule has 0 aliphatic carbocycles. The summed E-state index contributed by atoms with van der Waals surface area (Å²) in [6, 6.07) is 26.8. The number of fused-ring (bicyclic) bond motifs is 2. The minimum absolute atomic E-state index is 0. The Morgan fingerprint density at radius 1 is 0.780 bits per heavy atom. The number of oxazole rings is 2. The van der Waals surface area contributed by atoms with Crippen LogP contribution in [0.25, 0.3) is 56.3 Å². The summed E-state index contributed by atoms with van der Waals surface area (Å²) in [6.07, 6.45) is 7.00. The number of nitrogens with zero attached hydrogens (tertiary/aromatic N) is 7. The van der Waals surface area contributed by atoms with E-state index in [9.17, 15) is 0 Å². The Hall–Kier alpha value is -5.18. The molecule has 255 valence electrons. The van der Waals surface area contributed by atoms with Gasteiger partial charge in [0.15, 0.2) is 12.3 Å². The van der Waals surface area contributed by atoms with Crippen molar-refractivity contribution in [3.8, 4) is 34.2 Å². The molecule has 0 atom stereocenters. The normalized spacial score (nSPS) is 11.3. The third-order valence-electron chi connectivity index (χ3n) is 8.64. The Bertz CT molecular complexity index is 2370. The molecule has 0 N–H and O–H groups in total. The first-order chi connectivity index (χ1) is 23.7. The van der Waals surface area contributed by atoms with Gasteiger partial charge in [-0.2, -0.15) is 5.10 Å². The van der Waals surface area contributed by atoms with Crippen molar-refractivity contribution in [3.63, 3.8) is 0 Å². The van der Waals surface area contributed by atoms with Crippen LogP contribution < -0.4 is 0 Å². The van der Waals surface area contributed by atoms with Crippen LogP contribution in [0.5, 0.6) is 0 Å². The average Bonchev–Trinajstić information content (AvgIpc) is 3.90. The van der Waals surface area contributed by atoms with Crippen molar-refractivity contribution in [2.45, 2.75) is 60.3 Å². The molecular formula is C40H37IrN7O2-2. The Balaban J connectivity index is 0.000000173. The molecule has 0 aliphatic rings. The number of imidazole rings is 1. The Morgan fingerprint density at radius 3 is 2.22 bits per heavy atom. The van der Waals surface area contributed by atoms with Crippen LogP contribution in [-0.2, 0) is 20.1 Å². The molecule has 9 nitrogen and oxygen atoms in total. The number of hydrogen-bond acceptors (Lipinski definition) is 7. The van der Waals surface area contributed by atoms with Crippen molar-refractivity contribution < 1.29 is 28.9 Å². The molecule has 8 aromatic rings. The summed E-state index contributed by atoms with van der Waals surface area (Å²) < 4.78 is 15.3. The summed E-state index contributed by atoms with van der Waals surface area (Å²) in [4.78, 5) is 13.2. The number of para-hydroxylation sites is 2. The van der Waals surface area contributed by atoms with E-state index in [1.165, 1.54) is 28.6 Å². The molecule has 10 heteroatoms. The first kappa shape index (κ1) is 34.7. The van der Waals surface area contributed by atoms with Crippen LogP contribution in [0.4, 0.5) is 0 Å². The molecule has 0 saturated carbocycles. The van der Waals surface area contributed by atoms with Crippen molar-refractivity contribution in [2.75, 3.05) is 0 Å². The molecule has 0 saturated heterocycles. The van der Waals surface area contributed by atoms with Gasteiger partial charge in [-0.15, -0.1) is 47.1 Å². The van der Waals surface area contributed by atoms with Gasteiger partial charge in [0.2, 0.25) is 0 Å². The van der Waals surface area contributed by atoms with Crippen molar-refractivity contribution in [3.05, 3.63) is 126 Å². The second-order valence-corrected chi connectivity index (χ2v) is 12.7. The molecule has 0 unspecified atom stereocenters. The number of hydrogen-bond donors (Lipinski definition) is 0. The van der Waals surface area contributed by atoms with Crippen LogP contribution in [-0.4, -0.2) is 34.3 Å². The number of aromatic nitrogens is 7. The van der Waals surface area contributed by atoms with Crippen LogP contribution in [0.2, 0.25) is 0 Å². The van der Waals surface area contributed by atoms with Crippen molar-refractivity contribution in [1.29, 1.82) is 0 Å². The molecule has 4 aromatic heterocycles. The van der Waals surface area contributed by atoms with Gasteiger partial charge in [-0.25, -0.2) is 9.97 Å². The monoisotopic (exact) mass is 840 g/mol. The molecular weight excluding hydrogens is 803 g/mol. The zero-order chi connectivity index (χ0) is 34.2. The molecule has 0 spiro atoms. The summed E-state index contributed by atoms with van der Waals surface area (Å²) in [6.45, 7) is 14.9. The predicted molar refractivity (Wildman–Crippen MR) is 191 cm³/mol. The standard InChI is InChI=1S/C22H23N4O.C18H14N3O.Ir/c1-13(2)17-7-6-8-18(14(3)4)21(17)26-12-23-25-22(26)16-9-10-20-19(11-16)24-15(5)27-20;1-12-5-3-6-13(2)16(12)21-10-9-19-18(21)14-7-4-8-15-17(14)22-11-20-15;/h6-8,10-14H,1-5H3;3-6,8-11H,1-2H3;/q2*-1;. The molecule has 4 aromatic carbocycles. The fraction of sp³-hybridized carbons (Fsp3) is 0.225. The molecule has 0 amide bonds. The largest absolute Gasteiger partial charge is 0.490 e. The van der Waals surface area contributed by atoms with Crippen molar-refractivity contribution in [2.24, 2.45) is 0 Å². The third kappa shape index (κ3) is 6.44. The quantitative estimate of drug-likeness (QED) is 0.154. The fourth-order valence-corrected chi connectivity index (χ4v) is 6.34. The summed E-state index contributed by atoms with van der Waals surface area (Å²) in [5, 5.41) is 8.61. The number of aryl methyl sites for hydroxylation is 3. The maximum absolute atomic E-state index is 5.57. The van der Waals surface area contributed by atoms with E-state index < -0.39 is 0 Å². The Kier molecular flexibility index (Phi) is 9.95. The van der Waals surface area contributed by atoms with E-state index in [1.807, 2.05) is 37.4 Å². The molecule has 0 fully saturated rings. The van der Waals surface area contributed by atoms with Gasteiger partial charge in [0.1, 0.15) is 6.33 Å². The predicted octanol–water partition coefficient (Wildman–Crippen LogP) is 9.53. The van der Waals surface area contributed by atoms with E-state index in [-0.39, 0.29) is 20.1 Å². The number of benzene rings is 4. The van der Waals surface area contributed by atoms with Crippen molar-refractivity contribution >= 4 is 22.2 Å². The summed E-state index contributed by atoms with van der Waals surface area (Å²) in [5.41, 5.74) is 12.0. The molecule has 0 aliphatic heterocycles. The summed E-state index contributed by atoms with van der Waals surface area (Å²) >= 11 is 0. The topological polar surface area (TPSA) is 101 Å². The maximum atomic E-state index is 5.57. The van der Waals surface area contributed by atoms with Gasteiger partial charge in [-0.1, -0.05) is 69.7 Å². The van der Waals surface area contributed by atoms with Gasteiger partial charge in [0, 0.05) is 61.8 Å². The maximum Gasteiger partial charge on any atom is 0.180 e. The zero-order valence-corrected chi connectivity index (χ0v) is 31.4. The van der Waals surface area contributed by atoms with Gasteiger partial charge < -0.3 is 18.0 Å².